The predicted octanol–water partition coefficient (Wildman–Crippen LogP) is 5.00. The van der Waals surface area contributed by atoms with Gasteiger partial charge in [-0.1, -0.05) is 24.3 Å². The standard InChI is InChI=1S/C35H32F2N6O4/c1-41-13-15-42(16-14-41)30-6-4-3-5-25(30)20-39-33(44)24-8-10-27(36)29(18-24)40-34(45)31-21-38-32-19-23(11-12-43(31)32)22-7-9-26(28(37)17-22)35(46)47-2/h3-12,17-19,21H,13-16,20H2,1-2H3,(H,39,44)(H,40,45). The fourth-order valence-corrected chi connectivity index (χ4v) is 5.54. The van der Waals surface area contributed by atoms with Gasteiger partial charge in [-0.2, -0.15) is 0 Å². The van der Waals surface area contributed by atoms with Crippen molar-refractivity contribution in [1.29, 1.82) is 0 Å². The number of methoxy groups -OCH3 is 1. The first-order valence-corrected chi connectivity index (χ1v) is 15.0. The minimum atomic E-state index is -0.779. The molecule has 2 amide bonds. The fraction of sp³-hybridized carbons (Fsp3) is 0.200. The molecule has 1 fully saturated rings. The van der Waals surface area contributed by atoms with E-state index < -0.39 is 29.4 Å². The maximum absolute atomic E-state index is 14.8. The average Bonchev–Trinajstić information content (AvgIpc) is 3.52. The van der Waals surface area contributed by atoms with Crippen molar-refractivity contribution >= 4 is 34.8 Å². The van der Waals surface area contributed by atoms with E-state index in [1.807, 2.05) is 24.3 Å². The van der Waals surface area contributed by atoms with Gasteiger partial charge in [0.25, 0.3) is 11.8 Å². The molecular formula is C35H32F2N6O4. The number of likely N-dealkylation sites (N-methyl/N-ethyl adjacent to an activating group) is 1. The third kappa shape index (κ3) is 6.68. The first-order chi connectivity index (χ1) is 22.7. The first kappa shape index (κ1) is 31.4. The third-order valence-corrected chi connectivity index (χ3v) is 8.21. The van der Waals surface area contributed by atoms with E-state index in [0.717, 1.165) is 43.5 Å². The van der Waals surface area contributed by atoms with Crippen LogP contribution in [0.3, 0.4) is 0 Å². The zero-order valence-electron chi connectivity index (χ0n) is 25.8. The van der Waals surface area contributed by atoms with Gasteiger partial charge < -0.3 is 25.2 Å². The minimum Gasteiger partial charge on any atom is -0.465 e. The first-order valence-electron chi connectivity index (χ1n) is 15.0. The summed E-state index contributed by atoms with van der Waals surface area (Å²) in [5.41, 5.74) is 3.48. The molecule has 1 saturated heterocycles. The molecule has 6 rings (SSSR count). The average molecular weight is 639 g/mol. The monoisotopic (exact) mass is 638 g/mol. The normalized spacial score (nSPS) is 13.4. The van der Waals surface area contributed by atoms with Crippen molar-refractivity contribution in [3.05, 3.63) is 119 Å². The number of nitrogens with zero attached hydrogens (tertiary/aromatic N) is 4. The number of esters is 1. The molecule has 0 radical (unpaired) electrons. The number of anilines is 2. The van der Waals surface area contributed by atoms with Gasteiger partial charge in [-0.15, -0.1) is 0 Å². The van der Waals surface area contributed by atoms with Crippen molar-refractivity contribution < 1.29 is 27.9 Å². The van der Waals surface area contributed by atoms with Crippen molar-refractivity contribution in [2.75, 3.05) is 50.6 Å². The number of piperazine rings is 1. The van der Waals surface area contributed by atoms with E-state index >= 15 is 0 Å². The van der Waals surface area contributed by atoms with Gasteiger partial charge in [0.1, 0.15) is 23.0 Å². The smallest absolute Gasteiger partial charge is 0.340 e. The second-order valence-electron chi connectivity index (χ2n) is 11.2. The van der Waals surface area contributed by atoms with E-state index in [1.165, 1.54) is 42.0 Å². The zero-order chi connectivity index (χ0) is 33.1. The van der Waals surface area contributed by atoms with Gasteiger partial charge in [-0.3, -0.25) is 14.0 Å². The topological polar surface area (TPSA) is 108 Å². The minimum absolute atomic E-state index is 0.119. The second kappa shape index (κ2) is 13.4. The Kier molecular flexibility index (Phi) is 8.94. The zero-order valence-corrected chi connectivity index (χ0v) is 25.8. The summed E-state index contributed by atoms with van der Waals surface area (Å²) in [4.78, 5) is 46.9. The van der Waals surface area contributed by atoms with Crippen LogP contribution in [0.1, 0.15) is 36.8 Å². The lowest BCUT2D eigenvalue weighted by Crippen LogP contribution is -2.45. The molecule has 10 nitrogen and oxygen atoms in total. The predicted molar refractivity (Wildman–Crippen MR) is 174 cm³/mol. The number of aromatic nitrogens is 2. The van der Waals surface area contributed by atoms with Crippen LogP contribution in [0.15, 0.2) is 85.2 Å². The van der Waals surface area contributed by atoms with E-state index in [1.54, 1.807) is 24.4 Å². The van der Waals surface area contributed by atoms with Crippen LogP contribution >= 0.6 is 0 Å². The number of halogens is 2. The summed E-state index contributed by atoms with van der Waals surface area (Å²) >= 11 is 0. The summed E-state index contributed by atoms with van der Waals surface area (Å²) in [6.45, 7) is 3.98. The van der Waals surface area contributed by atoms with E-state index in [4.69, 9.17) is 0 Å². The number of benzene rings is 3. The highest BCUT2D eigenvalue weighted by Gasteiger charge is 2.20. The third-order valence-electron chi connectivity index (χ3n) is 8.21. The number of hydrogen-bond acceptors (Lipinski definition) is 7. The quantitative estimate of drug-likeness (QED) is 0.231. The Labute approximate surface area is 269 Å². The molecule has 1 aliphatic heterocycles. The Hall–Kier alpha value is -5.62. The summed E-state index contributed by atoms with van der Waals surface area (Å²) < 4.78 is 35.4. The van der Waals surface area contributed by atoms with Crippen LogP contribution in [0.25, 0.3) is 16.8 Å². The Morgan fingerprint density at radius 2 is 1.64 bits per heavy atom. The van der Waals surface area contributed by atoms with E-state index in [0.29, 0.717) is 16.8 Å². The largest absolute Gasteiger partial charge is 0.465 e. The van der Waals surface area contributed by atoms with E-state index in [9.17, 15) is 23.2 Å². The highest BCUT2D eigenvalue weighted by atomic mass is 19.1. The molecule has 2 N–H and O–H groups in total. The van der Waals surface area contributed by atoms with E-state index in [-0.39, 0.29) is 29.1 Å². The van der Waals surface area contributed by atoms with Crippen LogP contribution in [0.4, 0.5) is 20.2 Å². The number of fused-ring (bicyclic) bond motifs is 1. The molecule has 3 aromatic carbocycles. The molecule has 0 aliphatic carbocycles. The number of carbonyl (C=O) groups is 3. The number of pyridine rings is 1. The van der Waals surface area contributed by atoms with Gasteiger partial charge in [0, 0.05) is 50.2 Å². The van der Waals surface area contributed by atoms with Gasteiger partial charge in [-0.25, -0.2) is 18.6 Å². The molecule has 12 heteroatoms. The van der Waals surface area contributed by atoms with Crippen LogP contribution in [-0.2, 0) is 11.3 Å². The molecule has 0 atom stereocenters. The summed E-state index contributed by atoms with van der Waals surface area (Å²) in [5, 5.41) is 5.46. The highest BCUT2D eigenvalue weighted by Crippen LogP contribution is 2.25. The molecule has 0 saturated carbocycles. The van der Waals surface area contributed by atoms with Gasteiger partial charge in [-0.05, 0) is 72.3 Å². The van der Waals surface area contributed by atoms with Gasteiger partial charge >= 0.3 is 5.97 Å². The number of hydrogen-bond donors (Lipinski definition) is 2. The van der Waals surface area contributed by atoms with Crippen molar-refractivity contribution in [3.8, 4) is 11.1 Å². The molecule has 0 unspecified atom stereocenters. The lowest BCUT2D eigenvalue weighted by molar-refractivity contribution is 0.0595. The molecule has 1 aliphatic rings. The maximum atomic E-state index is 14.8. The van der Waals surface area contributed by atoms with Crippen molar-refractivity contribution in [3.63, 3.8) is 0 Å². The number of nitrogens with one attached hydrogen (secondary N) is 2. The van der Waals surface area contributed by atoms with E-state index in [2.05, 4.69) is 37.2 Å². The molecule has 0 spiro atoms. The van der Waals surface area contributed by atoms with Gasteiger partial charge in [0.2, 0.25) is 0 Å². The number of carbonyl (C=O) groups excluding carboxylic acids is 3. The van der Waals surface area contributed by atoms with Crippen LogP contribution in [0.5, 0.6) is 0 Å². The molecule has 0 bridgehead atoms. The number of rotatable bonds is 8. The number of para-hydroxylation sites is 1. The Morgan fingerprint density at radius 3 is 2.40 bits per heavy atom. The lowest BCUT2D eigenvalue weighted by atomic mass is 10.0. The summed E-state index contributed by atoms with van der Waals surface area (Å²) in [6, 6.07) is 19.2. The van der Waals surface area contributed by atoms with Crippen molar-refractivity contribution in [2.45, 2.75) is 6.54 Å². The van der Waals surface area contributed by atoms with Crippen LogP contribution in [0, 0.1) is 11.6 Å². The number of imidazole rings is 1. The Bertz CT molecular complexity index is 1990. The Morgan fingerprint density at radius 1 is 0.872 bits per heavy atom. The highest BCUT2D eigenvalue weighted by molar-refractivity contribution is 6.04. The molecule has 3 heterocycles. The van der Waals surface area contributed by atoms with Crippen molar-refractivity contribution in [1.82, 2.24) is 19.6 Å². The molecule has 5 aromatic rings. The van der Waals surface area contributed by atoms with Crippen LogP contribution in [0.2, 0.25) is 0 Å². The molecular weight excluding hydrogens is 606 g/mol. The summed E-state index contributed by atoms with van der Waals surface area (Å²) in [5.74, 6) is -3.27. The Balaban J connectivity index is 1.15. The maximum Gasteiger partial charge on any atom is 0.340 e. The summed E-state index contributed by atoms with van der Waals surface area (Å²) in [7, 11) is 3.27. The van der Waals surface area contributed by atoms with Gasteiger partial charge in [0.15, 0.2) is 0 Å². The van der Waals surface area contributed by atoms with Crippen LogP contribution < -0.4 is 15.5 Å². The number of ether oxygens (including phenoxy) is 1. The molecule has 2 aromatic heterocycles. The lowest BCUT2D eigenvalue weighted by Gasteiger charge is -2.35. The summed E-state index contributed by atoms with van der Waals surface area (Å²) in [6.07, 6.45) is 2.92. The van der Waals surface area contributed by atoms with Gasteiger partial charge in [0.05, 0.1) is 24.6 Å². The SMILES string of the molecule is COC(=O)c1ccc(-c2ccn3c(C(=O)Nc4cc(C(=O)NCc5ccccc5N5CCN(C)CC5)ccc4F)cnc3c2)cc1F. The molecule has 47 heavy (non-hydrogen) atoms. The number of amides is 2. The van der Waals surface area contributed by atoms with Crippen LogP contribution in [-0.4, -0.2) is 72.4 Å². The fourth-order valence-electron chi connectivity index (χ4n) is 5.54. The van der Waals surface area contributed by atoms with Crippen molar-refractivity contribution in [2.24, 2.45) is 0 Å². The molecule has 240 valence electrons. The second-order valence-corrected chi connectivity index (χ2v) is 11.2.